The quantitative estimate of drug-likeness (QED) is 0.156. The molecule has 0 aliphatic rings. The molecule has 0 aliphatic carbocycles. The summed E-state index contributed by atoms with van der Waals surface area (Å²) in [6.07, 6.45) is 24.9. The summed E-state index contributed by atoms with van der Waals surface area (Å²) < 4.78 is 0.868. The van der Waals surface area contributed by atoms with Crippen molar-refractivity contribution >= 4 is 0 Å². The van der Waals surface area contributed by atoms with Gasteiger partial charge < -0.3 is 26.6 Å². The summed E-state index contributed by atoms with van der Waals surface area (Å²) in [4.78, 5) is 0. The number of hydrogen-bond donors (Lipinski definition) is 1. The van der Waals surface area contributed by atoms with E-state index in [1.54, 1.807) is 0 Å². The van der Waals surface area contributed by atoms with Crippen LogP contribution in [0.15, 0.2) is 0 Å². The predicted octanol–water partition coefficient (Wildman–Crippen LogP) is 4.45. The SMILES string of the molecule is CCCCCCCCCCC[N+](C)(CO)CCCCCCCCCCC.[Br-]. The van der Waals surface area contributed by atoms with Gasteiger partial charge in [-0.05, 0) is 25.7 Å². The first-order valence-electron chi connectivity index (χ1n) is 12.1. The highest BCUT2D eigenvalue weighted by atomic mass is 79.9. The standard InChI is InChI=1S/C24H52NO.BrH/c1-4-6-8-10-12-14-16-18-20-22-25(3,24-26)23-21-19-17-15-13-11-9-7-5-2;/h26H,4-24H2,1-3H3;1H/q+1;/p-1. The van der Waals surface area contributed by atoms with Crippen LogP contribution >= 0.6 is 0 Å². The summed E-state index contributed by atoms with van der Waals surface area (Å²) in [7, 11) is 2.25. The average molecular weight is 451 g/mol. The Balaban J connectivity index is 0. The topological polar surface area (TPSA) is 20.2 Å². The molecule has 0 bridgehead atoms. The zero-order valence-corrected chi connectivity index (χ0v) is 20.7. The van der Waals surface area contributed by atoms with Gasteiger partial charge in [-0.3, -0.25) is 0 Å². The van der Waals surface area contributed by atoms with Crippen molar-refractivity contribution in [3.8, 4) is 0 Å². The summed E-state index contributed by atoms with van der Waals surface area (Å²) in [5.41, 5.74) is 0. The smallest absolute Gasteiger partial charge is 0.180 e. The number of nitrogens with zero attached hydrogens (tertiary/aromatic N) is 1. The Kier molecular flexibility index (Phi) is 24.9. The third kappa shape index (κ3) is 20.9. The van der Waals surface area contributed by atoms with Gasteiger partial charge in [0.05, 0.1) is 20.1 Å². The van der Waals surface area contributed by atoms with Crippen LogP contribution in [0.3, 0.4) is 0 Å². The Morgan fingerprint density at radius 1 is 0.481 bits per heavy atom. The number of aliphatic hydroxyl groups is 1. The normalized spacial score (nSPS) is 11.6. The van der Waals surface area contributed by atoms with Crippen LogP contribution in [0, 0.1) is 0 Å². The third-order valence-electron chi connectivity index (χ3n) is 5.94. The van der Waals surface area contributed by atoms with E-state index in [2.05, 4.69) is 20.9 Å². The van der Waals surface area contributed by atoms with E-state index in [1.165, 1.54) is 116 Å². The lowest BCUT2D eigenvalue weighted by Crippen LogP contribution is -3.00. The zero-order chi connectivity index (χ0) is 19.3. The number of quaternary nitrogens is 1. The highest BCUT2D eigenvalue weighted by molar-refractivity contribution is 4.49. The number of rotatable bonds is 21. The van der Waals surface area contributed by atoms with Gasteiger partial charge in [0.1, 0.15) is 0 Å². The average Bonchev–Trinajstić information content (AvgIpc) is 2.65. The molecule has 0 rings (SSSR count). The molecule has 0 spiro atoms. The predicted molar refractivity (Wildman–Crippen MR) is 117 cm³/mol. The van der Waals surface area contributed by atoms with Gasteiger partial charge in [-0.2, -0.15) is 0 Å². The Morgan fingerprint density at radius 2 is 0.741 bits per heavy atom. The van der Waals surface area contributed by atoms with E-state index in [4.69, 9.17) is 0 Å². The van der Waals surface area contributed by atoms with Crippen molar-refractivity contribution in [2.45, 2.75) is 129 Å². The van der Waals surface area contributed by atoms with Crippen molar-refractivity contribution in [1.29, 1.82) is 0 Å². The Labute approximate surface area is 182 Å². The lowest BCUT2D eigenvalue weighted by atomic mass is 10.1. The van der Waals surface area contributed by atoms with Crippen LogP contribution in [0.25, 0.3) is 0 Å². The summed E-state index contributed by atoms with van der Waals surface area (Å²) in [5.74, 6) is 0. The molecule has 0 saturated carbocycles. The van der Waals surface area contributed by atoms with Gasteiger partial charge >= 0.3 is 0 Å². The van der Waals surface area contributed by atoms with Crippen LogP contribution in [-0.2, 0) is 0 Å². The molecular formula is C24H52BrNO. The fraction of sp³-hybridized carbons (Fsp3) is 1.00. The minimum absolute atomic E-state index is 0. The molecule has 166 valence electrons. The third-order valence-corrected chi connectivity index (χ3v) is 5.94. The van der Waals surface area contributed by atoms with Crippen molar-refractivity contribution in [1.82, 2.24) is 0 Å². The van der Waals surface area contributed by atoms with Crippen LogP contribution in [0.4, 0.5) is 0 Å². The van der Waals surface area contributed by atoms with Gasteiger partial charge in [0, 0.05) is 0 Å². The van der Waals surface area contributed by atoms with Crippen molar-refractivity contribution in [3.05, 3.63) is 0 Å². The molecule has 0 saturated heterocycles. The molecule has 2 nitrogen and oxygen atoms in total. The van der Waals surface area contributed by atoms with Crippen molar-refractivity contribution in [3.63, 3.8) is 0 Å². The maximum Gasteiger partial charge on any atom is 0.180 e. The molecule has 0 unspecified atom stereocenters. The molecule has 0 aromatic heterocycles. The van der Waals surface area contributed by atoms with Gasteiger partial charge in [0.2, 0.25) is 0 Å². The van der Waals surface area contributed by atoms with E-state index in [0.29, 0.717) is 6.73 Å². The fourth-order valence-corrected chi connectivity index (χ4v) is 3.86. The van der Waals surface area contributed by atoms with Crippen LogP contribution in [0.2, 0.25) is 0 Å². The lowest BCUT2D eigenvalue weighted by molar-refractivity contribution is -0.927. The van der Waals surface area contributed by atoms with E-state index in [1.807, 2.05) is 0 Å². The minimum atomic E-state index is 0. The molecular weight excluding hydrogens is 398 g/mol. The second-order valence-corrected chi connectivity index (χ2v) is 8.86. The van der Waals surface area contributed by atoms with E-state index in [9.17, 15) is 5.11 Å². The molecule has 0 aromatic rings. The first-order chi connectivity index (χ1) is 12.7. The second-order valence-electron chi connectivity index (χ2n) is 8.86. The van der Waals surface area contributed by atoms with E-state index in [-0.39, 0.29) is 17.0 Å². The van der Waals surface area contributed by atoms with Crippen LogP contribution in [0.5, 0.6) is 0 Å². The molecule has 3 heteroatoms. The molecule has 0 heterocycles. The van der Waals surface area contributed by atoms with Crippen molar-refractivity contribution < 1.29 is 26.6 Å². The lowest BCUT2D eigenvalue weighted by Gasteiger charge is -2.32. The largest absolute Gasteiger partial charge is 1.00 e. The van der Waals surface area contributed by atoms with Crippen molar-refractivity contribution in [2.75, 3.05) is 26.9 Å². The Morgan fingerprint density at radius 3 is 1.00 bits per heavy atom. The van der Waals surface area contributed by atoms with E-state index in [0.717, 1.165) is 17.6 Å². The number of hydrogen-bond acceptors (Lipinski definition) is 1. The van der Waals surface area contributed by atoms with Gasteiger partial charge in [-0.25, -0.2) is 0 Å². The molecule has 0 atom stereocenters. The minimum Gasteiger partial charge on any atom is -1.00 e. The monoisotopic (exact) mass is 449 g/mol. The highest BCUT2D eigenvalue weighted by Gasteiger charge is 2.18. The summed E-state index contributed by atoms with van der Waals surface area (Å²) >= 11 is 0. The maximum absolute atomic E-state index is 9.80. The van der Waals surface area contributed by atoms with E-state index >= 15 is 0 Å². The molecule has 0 fully saturated rings. The van der Waals surface area contributed by atoms with Gasteiger partial charge in [0.25, 0.3) is 0 Å². The summed E-state index contributed by atoms with van der Waals surface area (Å²) in [6, 6.07) is 0. The van der Waals surface area contributed by atoms with Gasteiger partial charge in [0.15, 0.2) is 6.73 Å². The van der Waals surface area contributed by atoms with Gasteiger partial charge in [-0.15, -0.1) is 0 Å². The van der Waals surface area contributed by atoms with Crippen LogP contribution in [-0.4, -0.2) is 36.5 Å². The van der Waals surface area contributed by atoms with E-state index < -0.39 is 0 Å². The fourth-order valence-electron chi connectivity index (χ4n) is 3.86. The molecule has 0 radical (unpaired) electrons. The first-order valence-corrected chi connectivity index (χ1v) is 12.1. The zero-order valence-electron chi connectivity index (χ0n) is 19.1. The van der Waals surface area contributed by atoms with Crippen LogP contribution in [0.1, 0.15) is 129 Å². The summed E-state index contributed by atoms with van der Waals surface area (Å²) in [6.45, 7) is 7.19. The molecule has 0 amide bonds. The van der Waals surface area contributed by atoms with Gasteiger partial charge in [-0.1, -0.05) is 104 Å². The Bertz CT molecular complexity index is 251. The molecule has 27 heavy (non-hydrogen) atoms. The molecule has 0 aromatic carbocycles. The van der Waals surface area contributed by atoms with Crippen molar-refractivity contribution in [2.24, 2.45) is 0 Å². The number of unbranched alkanes of at least 4 members (excludes halogenated alkanes) is 16. The maximum atomic E-state index is 9.80. The highest BCUT2D eigenvalue weighted by Crippen LogP contribution is 2.14. The first kappa shape index (κ1) is 29.6. The summed E-state index contributed by atoms with van der Waals surface area (Å²) in [5, 5.41) is 9.80. The molecule has 1 N–H and O–H groups in total. The Hall–Kier alpha value is 0.400. The number of aliphatic hydroxyl groups excluding tert-OH is 1. The second kappa shape index (κ2) is 22.7. The number of halogens is 1. The van der Waals surface area contributed by atoms with Crippen LogP contribution < -0.4 is 17.0 Å². The molecule has 0 aliphatic heterocycles.